The first kappa shape index (κ1) is 30.0. The van der Waals surface area contributed by atoms with Crippen molar-refractivity contribution in [2.45, 2.75) is 36.4 Å². The number of ketones is 1. The topological polar surface area (TPSA) is 106 Å². The standard InChI is InChI=1S/C30H26Cl2N4O4S2/c1-17(2)10-13-40-22-5-3-4-19(14-22)25-24(26(37)18-8-11-33-12-9-18)27(38)28(39)36(25)29-34-35-30(42-29)41-16-20-6-7-21(31)15-23(20)32/h3-9,11-12,14-15,17,25,37H,10,13,16H2,1-2H3. The zero-order valence-corrected chi connectivity index (χ0v) is 25.8. The normalized spacial score (nSPS) is 16.4. The van der Waals surface area contributed by atoms with Gasteiger partial charge >= 0.3 is 5.91 Å². The fourth-order valence-corrected chi connectivity index (χ4v) is 6.76. The van der Waals surface area contributed by atoms with Crippen LogP contribution in [0.5, 0.6) is 5.75 Å². The number of carbonyl (C=O) groups is 2. The molecule has 0 aliphatic carbocycles. The third-order valence-corrected chi connectivity index (χ3v) is 9.20. The van der Waals surface area contributed by atoms with E-state index in [1.807, 2.05) is 12.1 Å². The molecule has 42 heavy (non-hydrogen) atoms. The molecule has 1 saturated heterocycles. The van der Waals surface area contributed by atoms with Gasteiger partial charge in [0.1, 0.15) is 11.5 Å². The Morgan fingerprint density at radius 1 is 1.10 bits per heavy atom. The van der Waals surface area contributed by atoms with Crippen molar-refractivity contribution in [3.63, 3.8) is 0 Å². The van der Waals surface area contributed by atoms with E-state index >= 15 is 0 Å². The van der Waals surface area contributed by atoms with Crippen LogP contribution in [0.4, 0.5) is 5.13 Å². The van der Waals surface area contributed by atoms with Crippen LogP contribution in [-0.2, 0) is 15.3 Å². The highest BCUT2D eigenvalue weighted by atomic mass is 35.5. The fourth-order valence-electron chi connectivity index (χ4n) is 4.33. The molecule has 0 spiro atoms. The van der Waals surface area contributed by atoms with E-state index in [9.17, 15) is 14.7 Å². The average Bonchev–Trinajstić information content (AvgIpc) is 3.54. The van der Waals surface area contributed by atoms with Gasteiger partial charge in [-0.1, -0.05) is 78.3 Å². The van der Waals surface area contributed by atoms with Gasteiger partial charge in [-0.15, -0.1) is 10.2 Å². The first-order chi connectivity index (χ1) is 20.2. The fraction of sp³-hybridized carbons (Fsp3) is 0.233. The molecule has 1 fully saturated rings. The quantitative estimate of drug-likeness (QED) is 0.0621. The number of halogens is 2. The number of aliphatic hydroxyl groups excluding tert-OH is 1. The van der Waals surface area contributed by atoms with E-state index in [1.165, 1.54) is 40.4 Å². The molecule has 4 aromatic rings. The van der Waals surface area contributed by atoms with Crippen molar-refractivity contribution < 1.29 is 19.4 Å². The number of hydrogen-bond acceptors (Lipinski definition) is 9. The van der Waals surface area contributed by atoms with Gasteiger partial charge in [0, 0.05) is 33.8 Å². The lowest BCUT2D eigenvalue weighted by molar-refractivity contribution is -0.132. The summed E-state index contributed by atoms with van der Waals surface area (Å²) in [5.74, 6) is -0.361. The summed E-state index contributed by atoms with van der Waals surface area (Å²) in [6.45, 7) is 4.75. The molecule has 8 nitrogen and oxygen atoms in total. The molecule has 0 saturated carbocycles. The highest BCUT2D eigenvalue weighted by Crippen LogP contribution is 2.44. The lowest BCUT2D eigenvalue weighted by atomic mass is 9.95. The molecule has 1 aliphatic heterocycles. The Kier molecular flexibility index (Phi) is 9.47. The predicted octanol–water partition coefficient (Wildman–Crippen LogP) is 7.58. The van der Waals surface area contributed by atoms with Crippen LogP contribution >= 0.6 is 46.3 Å². The van der Waals surface area contributed by atoms with E-state index in [2.05, 4.69) is 29.0 Å². The van der Waals surface area contributed by atoms with Crippen LogP contribution in [0.2, 0.25) is 10.0 Å². The van der Waals surface area contributed by atoms with Crippen molar-refractivity contribution in [2.24, 2.45) is 5.92 Å². The number of hydrogen-bond donors (Lipinski definition) is 1. The van der Waals surface area contributed by atoms with Gasteiger partial charge in [0.2, 0.25) is 5.13 Å². The van der Waals surface area contributed by atoms with Gasteiger partial charge in [-0.05, 0) is 59.9 Å². The maximum absolute atomic E-state index is 13.5. The van der Waals surface area contributed by atoms with Crippen LogP contribution in [0.25, 0.3) is 5.76 Å². The molecule has 1 amide bonds. The smallest absolute Gasteiger partial charge is 0.301 e. The average molecular weight is 642 g/mol. The minimum atomic E-state index is -0.955. The number of pyridine rings is 1. The molecule has 1 unspecified atom stereocenters. The van der Waals surface area contributed by atoms with E-state index < -0.39 is 17.7 Å². The van der Waals surface area contributed by atoms with Crippen molar-refractivity contribution in [2.75, 3.05) is 11.5 Å². The first-order valence-electron chi connectivity index (χ1n) is 13.1. The number of ether oxygens (including phenoxy) is 1. The Morgan fingerprint density at radius 2 is 1.88 bits per heavy atom. The number of thioether (sulfide) groups is 1. The highest BCUT2D eigenvalue weighted by Gasteiger charge is 2.48. The summed E-state index contributed by atoms with van der Waals surface area (Å²) >= 11 is 14.9. The molecule has 12 heteroatoms. The van der Waals surface area contributed by atoms with Crippen LogP contribution in [0.15, 0.2) is 76.9 Å². The van der Waals surface area contributed by atoms with Crippen molar-refractivity contribution in [3.8, 4) is 5.75 Å². The van der Waals surface area contributed by atoms with E-state index in [4.69, 9.17) is 27.9 Å². The summed E-state index contributed by atoms with van der Waals surface area (Å²) in [4.78, 5) is 32.3. The number of rotatable bonds is 10. The first-order valence-corrected chi connectivity index (χ1v) is 15.6. The van der Waals surface area contributed by atoms with E-state index in [-0.39, 0.29) is 16.5 Å². The summed E-state index contributed by atoms with van der Waals surface area (Å²) in [7, 11) is 0. The molecule has 1 N–H and O–H groups in total. The SMILES string of the molecule is CC(C)CCOc1cccc(C2C(=C(O)c3ccncc3)C(=O)C(=O)N2c2nnc(SCc3ccc(Cl)cc3Cl)s2)c1. The van der Waals surface area contributed by atoms with Gasteiger partial charge in [-0.2, -0.15) is 0 Å². The van der Waals surface area contributed by atoms with Crippen molar-refractivity contribution >= 4 is 68.9 Å². The second-order valence-corrected chi connectivity index (χ2v) is 12.9. The van der Waals surface area contributed by atoms with Gasteiger partial charge in [0.25, 0.3) is 5.78 Å². The van der Waals surface area contributed by atoms with Gasteiger partial charge in [0.05, 0.1) is 18.2 Å². The summed E-state index contributed by atoms with van der Waals surface area (Å²) in [6, 6.07) is 14.7. The van der Waals surface area contributed by atoms with Crippen molar-refractivity contribution in [3.05, 3.63) is 99.3 Å². The minimum absolute atomic E-state index is 0.0529. The zero-order chi connectivity index (χ0) is 29.8. The molecular formula is C30H26Cl2N4O4S2. The Bertz CT molecular complexity index is 1650. The van der Waals surface area contributed by atoms with Crippen LogP contribution in [-0.4, -0.2) is 38.6 Å². The number of amides is 1. The predicted molar refractivity (Wildman–Crippen MR) is 166 cm³/mol. The number of carbonyl (C=O) groups excluding carboxylic acids is 2. The second-order valence-electron chi connectivity index (χ2n) is 9.88. The molecule has 2 aromatic heterocycles. The molecule has 0 bridgehead atoms. The number of aliphatic hydroxyl groups is 1. The van der Waals surface area contributed by atoms with Gasteiger partial charge < -0.3 is 9.84 Å². The Hall–Kier alpha value is -3.44. The number of anilines is 1. The van der Waals surface area contributed by atoms with Gasteiger partial charge in [-0.3, -0.25) is 19.5 Å². The van der Waals surface area contributed by atoms with Gasteiger partial charge in [-0.25, -0.2) is 0 Å². The van der Waals surface area contributed by atoms with Crippen LogP contribution in [0.3, 0.4) is 0 Å². The largest absolute Gasteiger partial charge is 0.507 e. The summed E-state index contributed by atoms with van der Waals surface area (Å²) in [5, 5.41) is 21.1. The molecule has 5 rings (SSSR count). The second kappa shape index (κ2) is 13.2. The summed E-state index contributed by atoms with van der Waals surface area (Å²) in [5.41, 5.74) is 1.77. The van der Waals surface area contributed by atoms with Crippen LogP contribution in [0.1, 0.15) is 43.0 Å². The molecule has 0 radical (unpaired) electrons. The van der Waals surface area contributed by atoms with Crippen LogP contribution < -0.4 is 9.64 Å². The highest BCUT2D eigenvalue weighted by molar-refractivity contribution is 8.00. The van der Waals surface area contributed by atoms with Crippen LogP contribution in [0, 0.1) is 5.92 Å². The summed E-state index contributed by atoms with van der Waals surface area (Å²) < 4.78 is 6.54. The Morgan fingerprint density at radius 3 is 2.62 bits per heavy atom. The molecule has 3 heterocycles. The van der Waals surface area contributed by atoms with E-state index in [1.54, 1.807) is 42.5 Å². The minimum Gasteiger partial charge on any atom is -0.507 e. The summed E-state index contributed by atoms with van der Waals surface area (Å²) in [6.07, 6.45) is 3.88. The molecular weight excluding hydrogens is 615 g/mol. The maximum atomic E-state index is 13.5. The Balaban J connectivity index is 1.51. The molecule has 216 valence electrons. The lowest BCUT2D eigenvalue weighted by Crippen LogP contribution is -2.29. The monoisotopic (exact) mass is 640 g/mol. The van der Waals surface area contributed by atoms with Crippen molar-refractivity contribution in [1.29, 1.82) is 0 Å². The third kappa shape index (κ3) is 6.62. The number of benzene rings is 2. The molecule has 2 aromatic carbocycles. The molecule has 1 atom stereocenters. The number of Topliss-reactive ketones (excluding diaryl/α,β-unsaturated/α-hetero) is 1. The van der Waals surface area contributed by atoms with E-state index in [0.717, 1.165) is 12.0 Å². The zero-order valence-electron chi connectivity index (χ0n) is 22.7. The number of nitrogens with zero attached hydrogens (tertiary/aromatic N) is 4. The Labute approximate surface area is 261 Å². The third-order valence-electron chi connectivity index (χ3n) is 6.50. The molecule has 1 aliphatic rings. The number of aromatic nitrogens is 3. The van der Waals surface area contributed by atoms with Crippen molar-refractivity contribution in [1.82, 2.24) is 15.2 Å². The lowest BCUT2D eigenvalue weighted by Gasteiger charge is -2.23. The van der Waals surface area contributed by atoms with Gasteiger partial charge in [0.15, 0.2) is 4.34 Å². The maximum Gasteiger partial charge on any atom is 0.301 e. The van der Waals surface area contributed by atoms with E-state index in [0.29, 0.717) is 49.5 Å².